The molecule has 4 heteroatoms. The number of piperidine rings is 3. The molecule has 0 unspecified atom stereocenters. The third-order valence-electron chi connectivity index (χ3n) is 5.30. The van der Waals surface area contributed by atoms with Crippen LogP contribution in [0.1, 0.15) is 59.8 Å². The van der Waals surface area contributed by atoms with Gasteiger partial charge in [-0.2, -0.15) is 0 Å². The minimum atomic E-state index is 0. The molecule has 4 fully saturated rings. The number of fused-ring (bicyclic) bond motifs is 4. The molecule has 0 amide bonds. The number of nitrogens with zero attached hydrogens (tertiary/aromatic N) is 1. The van der Waals surface area contributed by atoms with Gasteiger partial charge in [-0.05, 0) is 82.9 Å². The average molecular weight is 365 g/mol. The molecule has 4 saturated heterocycles. The van der Waals surface area contributed by atoms with E-state index >= 15 is 0 Å². The Morgan fingerprint density at radius 2 is 1.27 bits per heavy atom. The number of rotatable bonds is 0. The summed E-state index contributed by atoms with van der Waals surface area (Å²) in [6.07, 6.45) is 10.1. The first-order valence-electron chi connectivity index (χ1n) is 9.69. The molecule has 5 aliphatic heterocycles. The lowest BCUT2D eigenvalue weighted by atomic mass is 9.89. The van der Waals surface area contributed by atoms with Crippen molar-refractivity contribution in [1.82, 2.24) is 10.2 Å². The maximum atomic E-state index is 5.08. The molecule has 0 saturated carbocycles. The Morgan fingerprint density at radius 1 is 0.769 bits per heavy atom. The van der Waals surface area contributed by atoms with Gasteiger partial charge in [0.1, 0.15) is 0 Å². The van der Waals surface area contributed by atoms with E-state index in [-0.39, 0.29) is 14.9 Å². The van der Waals surface area contributed by atoms with Crippen LogP contribution in [0.15, 0.2) is 24.3 Å². The van der Waals surface area contributed by atoms with E-state index < -0.39 is 0 Å². The third-order valence-corrected chi connectivity index (χ3v) is 5.30. The van der Waals surface area contributed by atoms with Crippen LogP contribution in [0.25, 0.3) is 0 Å². The molecule has 2 bridgehead atoms. The van der Waals surface area contributed by atoms with Crippen LogP contribution in [0.2, 0.25) is 0 Å². The van der Waals surface area contributed by atoms with Crippen LogP contribution in [-0.2, 0) is 0 Å². The third kappa shape index (κ3) is 7.55. The molecule has 5 heterocycles. The number of para-hydroxylation sites is 2. The highest BCUT2D eigenvalue weighted by Crippen LogP contribution is 2.30. The minimum Gasteiger partial charge on any atom is -0.454 e. The van der Waals surface area contributed by atoms with Gasteiger partial charge in [-0.1, -0.05) is 39.8 Å². The smallest absolute Gasteiger partial charge is 0.231 e. The lowest BCUT2D eigenvalue weighted by Crippen LogP contribution is -2.41. The maximum absolute atomic E-state index is 5.08. The molecule has 0 aromatic heterocycles. The Kier molecular flexibility index (Phi) is 11.4. The fourth-order valence-corrected chi connectivity index (χ4v) is 3.69. The van der Waals surface area contributed by atoms with Crippen molar-refractivity contribution in [3.05, 3.63) is 24.3 Å². The zero-order valence-electron chi connectivity index (χ0n) is 14.8. The van der Waals surface area contributed by atoms with E-state index in [2.05, 4.69) is 10.2 Å². The van der Waals surface area contributed by atoms with Crippen molar-refractivity contribution >= 4 is 0 Å². The van der Waals surface area contributed by atoms with Gasteiger partial charge in [0, 0.05) is 0 Å². The molecule has 26 heavy (non-hydrogen) atoms. The van der Waals surface area contributed by atoms with E-state index in [0.29, 0.717) is 6.79 Å². The number of ether oxygens (including phenoxy) is 2. The second-order valence-corrected chi connectivity index (χ2v) is 7.09. The summed E-state index contributed by atoms with van der Waals surface area (Å²) >= 11 is 0. The summed E-state index contributed by atoms with van der Waals surface area (Å²) in [5.74, 6) is 2.80. The molecule has 1 N–H and O–H groups in total. The van der Waals surface area contributed by atoms with Crippen LogP contribution in [0.3, 0.4) is 0 Å². The Balaban J connectivity index is 0.000000189. The van der Waals surface area contributed by atoms with Crippen LogP contribution >= 0.6 is 0 Å². The topological polar surface area (TPSA) is 33.7 Å². The second kappa shape index (κ2) is 13.0. The van der Waals surface area contributed by atoms with Crippen molar-refractivity contribution in [3.63, 3.8) is 0 Å². The number of benzene rings is 1. The molecule has 0 aliphatic carbocycles. The molecule has 1 aromatic rings. The fourth-order valence-electron chi connectivity index (χ4n) is 3.69. The van der Waals surface area contributed by atoms with Gasteiger partial charge in [-0.3, -0.25) is 0 Å². The number of hydrogen-bond acceptors (Lipinski definition) is 4. The van der Waals surface area contributed by atoms with Crippen LogP contribution < -0.4 is 14.8 Å². The summed E-state index contributed by atoms with van der Waals surface area (Å²) in [4.78, 5) is 2.58. The van der Waals surface area contributed by atoms with Gasteiger partial charge >= 0.3 is 0 Å². The van der Waals surface area contributed by atoms with Gasteiger partial charge in [0.15, 0.2) is 11.5 Å². The maximum Gasteiger partial charge on any atom is 0.231 e. The van der Waals surface area contributed by atoms with Crippen LogP contribution in [0.4, 0.5) is 0 Å². The Bertz CT molecular complexity index is 407. The van der Waals surface area contributed by atoms with Crippen LogP contribution in [0, 0.1) is 5.92 Å². The van der Waals surface area contributed by atoms with Gasteiger partial charge in [-0.15, -0.1) is 0 Å². The summed E-state index contributed by atoms with van der Waals surface area (Å²) in [7, 11) is 0. The van der Waals surface area contributed by atoms with Crippen molar-refractivity contribution in [2.75, 3.05) is 39.5 Å². The highest BCUT2D eigenvalue weighted by atomic mass is 16.7. The summed E-state index contributed by atoms with van der Waals surface area (Å²) in [6.45, 7) is 7.04. The Labute approximate surface area is 161 Å². The molecule has 0 spiro atoms. The molecular weight excluding hydrogens is 324 g/mol. The van der Waals surface area contributed by atoms with Crippen LogP contribution in [0.5, 0.6) is 11.5 Å². The second-order valence-electron chi connectivity index (χ2n) is 7.09. The summed E-state index contributed by atoms with van der Waals surface area (Å²) in [5, 5.41) is 3.35. The monoisotopic (exact) mass is 364 g/mol. The fraction of sp³-hybridized carbons (Fsp3) is 0.727. The van der Waals surface area contributed by atoms with E-state index in [0.717, 1.165) is 17.4 Å². The SMILES string of the molecule is C.C.C1CCCNCC1.C1CN2CCC1CC2.c1ccc2c(c1)OCO2. The highest BCUT2D eigenvalue weighted by Gasteiger charge is 2.24. The van der Waals surface area contributed by atoms with Gasteiger partial charge in [0.05, 0.1) is 0 Å². The zero-order valence-corrected chi connectivity index (χ0v) is 14.8. The first-order chi connectivity index (χ1) is 11.9. The van der Waals surface area contributed by atoms with E-state index in [4.69, 9.17) is 9.47 Å². The average Bonchev–Trinajstić information content (AvgIpc) is 2.94. The van der Waals surface area contributed by atoms with Crippen LogP contribution in [-0.4, -0.2) is 44.4 Å². The van der Waals surface area contributed by atoms with Crippen molar-refractivity contribution in [2.45, 2.75) is 59.8 Å². The van der Waals surface area contributed by atoms with E-state index in [9.17, 15) is 0 Å². The molecule has 5 aliphatic rings. The minimum absolute atomic E-state index is 0. The quantitative estimate of drug-likeness (QED) is 0.707. The number of hydrogen-bond donors (Lipinski definition) is 1. The summed E-state index contributed by atoms with van der Waals surface area (Å²) < 4.78 is 10.2. The molecule has 150 valence electrons. The lowest BCUT2D eigenvalue weighted by Gasteiger charge is -2.38. The van der Waals surface area contributed by atoms with Gasteiger partial charge in [-0.25, -0.2) is 0 Å². The Morgan fingerprint density at radius 3 is 1.65 bits per heavy atom. The van der Waals surface area contributed by atoms with Crippen molar-refractivity contribution < 1.29 is 9.47 Å². The molecular formula is C22H40N2O2. The number of nitrogens with one attached hydrogen (secondary N) is 1. The normalized spacial score (nSPS) is 25.1. The van der Waals surface area contributed by atoms with Crippen molar-refractivity contribution in [2.24, 2.45) is 5.92 Å². The first-order valence-corrected chi connectivity index (χ1v) is 9.69. The largest absolute Gasteiger partial charge is 0.454 e. The molecule has 1 aromatic carbocycles. The summed E-state index contributed by atoms with van der Waals surface area (Å²) in [6, 6.07) is 7.63. The van der Waals surface area contributed by atoms with E-state index in [1.165, 1.54) is 77.7 Å². The molecule has 4 nitrogen and oxygen atoms in total. The Hall–Kier alpha value is -1.26. The van der Waals surface area contributed by atoms with E-state index in [1.807, 2.05) is 24.3 Å². The lowest BCUT2D eigenvalue weighted by molar-refractivity contribution is 0.111. The van der Waals surface area contributed by atoms with Gasteiger partial charge in [0.25, 0.3) is 0 Å². The predicted octanol–water partition coefficient (Wildman–Crippen LogP) is 4.94. The van der Waals surface area contributed by atoms with Crippen molar-refractivity contribution in [3.8, 4) is 11.5 Å². The standard InChI is InChI=1S/C7H13N.C7H6O2.C6H13N.2CH4/c1-4-8-5-2-7(1)3-6-8;1-2-4-7-6(3-1)8-5-9-7;1-2-4-6-7-5-3-1;;/h7H,1-6H2;1-4H,5H2;7H,1-6H2;2*1H4. The highest BCUT2D eigenvalue weighted by molar-refractivity contribution is 5.40. The predicted molar refractivity (Wildman–Crippen MR) is 111 cm³/mol. The molecule has 0 radical (unpaired) electrons. The summed E-state index contributed by atoms with van der Waals surface area (Å²) in [5.41, 5.74) is 0. The van der Waals surface area contributed by atoms with Crippen molar-refractivity contribution in [1.29, 1.82) is 0 Å². The molecule has 0 atom stereocenters. The van der Waals surface area contributed by atoms with Gasteiger partial charge in [0.2, 0.25) is 6.79 Å². The molecule has 6 rings (SSSR count). The first kappa shape index (κ1) is 22.8. The zero-order chi connectivity index (χ0) is 16.5. The van der Waals surface area contributed by atoms with Gasteiger partial charge < -0.3 is 19.7 Å². The van der Waals surface area contributed by atoms with E-state index in [1.54, 1.807) is 0 Å².